The summed E-state index contributed by atoms with van der Waals surface area (Å²) in [5, 5.41) is 9.73. The van der Waals surface area contributed by atoms with Gasteiger partial charge in [0.05, 0.1) is 25.5 Å². The molecule has 0 bridgehead atoms. The quantitative estimate of drug-likeness (QED) is 0.0757. The lowest BCUT2D eigenvalue weighted by molar-refractivity contribution is 0.121. The van der Waals surface area contributed by atoms with Crippen LogP contribution < -0.4 is 20.7 Å². The monoisotopic (exact) mass is 612 g/mol. The smallest absolute Gasteiger partial charge is 0.412 e. The summed E-state index contributed by atoms with van der Waals surface area (Å²) in [4.78, 5) is 38.3. The molecule has 0 saturated heterocycles. The number of unbranched alkanes of at least 4 members (excludes halogenated alkanes) is 3. The third-order valence-corrected chi connectivity index (χ3v) is 8.20. The topological polar surface area (TPSA) is 127 Å². The molecule has 10 nitrogen and oxygen atoms in total. The standard InChI is InChI=1S/C31H56N4O6S/c1-7-13-16-23(10-4)19-39-29(36)32-26-22-42-35-28(34-31(38)41-21-25(12-6)18-15-9-3)27(26)33-30(37)40-20-24(11-5)17-14-8-2/h22-25,35H,7-21H2,1-6H3,(H,32,36)(H,33,37)(H,34,38). The van der Waals surface area contributed by atoms with Gasteiger partial charge in [0.15, 0.2) is 0 Å². The number of ether oxygens (including phenoxy) is 3. The summed E-state index contributed by atoms with van der Waals surface area (Å²) < 4.78 is 19.5. The molecule has 0 fully saturated rings. The van der Waals surface area contributed by atoms with E-state index < -0.39 is 18.3 Å². The fourth-order valence-corrected chi connectivity index (χ4v) is 5.02. The van der Waals surface area contributed by atoms with Crippen LogP contribution in [0.25, 0.3) is 0 Å². The van der Waals surface area contributed by atoms with Crippen molar-refractivity contribution in [2.45, 2.75) is 119 Å². The second kappa shape index (κ2) is 23.0. The van der Waals surface area contributed by atoms with E-state index in [2.05, 4.69) is 62.2 Å². The predicted octanol–water partition coefficient (Wildman–Crippen LogP) is 8.08. The molecule has 1 heterocycles. The highest BCUT2D eigenvalue weighted by molar-refractivity contribution is 8.00. The van der Waals surface area contributed by atoms with Crippen LogP contribution in [0.2, 0.25) is 0 Å². The minimum atomic E-state index is -0.682. The number of hydrogen-bond donors (Lipinski definition) is 4. The van der Waals surface area contributed by atoms with Gasteiger partial charge in [-0.25, -0.2) is 14.4 Å². The fraction of sp³-hybridized carbons (Fsp3) is 0.774. The lowest BCUT2D eigenvalue weighted by atomic mass is 10.0. The van der Waals surface area contributed by atoms with E-state index in [0.717, 1.165) is 89.0 Å². The highest BCUT2D eigenvalue weighted by Crippen LogP contribution is 2.21. The molecule has 3 atom stereocenters. The number of alkyl carbamates (subject to hydrolysis) is 3. The van der Waals surface area contributed by atoms with E-state index in [9.17, 15) is 14.4 Å². The molecular formula is C31H56N4O6S. The Morgan fingerprint density at radius 1 is 0.667 bits per heavy atom. The van der Waals surface area contributed by atoms with Crippen molar-refractivity contribution in [1.82, 2.24) is 20.7 Å². The molecule has 0 saturated carbocycles. The van der Waals surface area contributed by atoms with E-state index in [-0.39, 0.29) is 41.6 Å². The van der Waals surface area contributed by atoms with E-state index in [1.54, 1.807) is 5.41 Å². The predicted molar refractivity (Wildman–Crippen MR) is 169 cm³/mol. The third-order valence-electron chi connectivity index (χ3n) is 7.53. The molecule has 1 rings (SSSR count). The summed E-state index contributed by atoms with van der Waals surface area (Å²) in [6, 6.07) is 0. The van der Waals surface area contributed by atoms with Crippen molar-refractivity contribution in [3.8, 4) is 0 Å². The minimum Gasteiger partial charge on any atom is -0.449 e. The normalized spacial score (nSPS) is 15.0. The largest absolute Gasteiger partial charge is 0.449 e. The number of carbonyl (C=O) groups is 3. The minimum absolute atomic E-state index is 0.158. The number of rotatable bonds is 21. The fourth-order valence-electron chi connectivity index (χ4n) is 4.40. The van der Waals surface area contributed by atoms with E-state index in [1.807, 2.05) is 0 Å². The Bertz CT molecular complexity index is 866. The zero-order valence-corrected chi connectivity index (χ0v) is 27.6. The lowest BCUT2D eigenvalue weighted by Crippen LogP contribution is -2.41. The molecule has 42 heavy (non-hydrogen) atoms. The Hall–Kier alpha value is -2.56. The molecule has 11 heteroatoms. The number of hydrogen-bond acceptors (Lipinski definition) is 8. The Kier molecular flexibility index (Phi) is 20.5. The van der Waals surface area contributed by atoms with Crippen LogP contribution in [0.3, 0.4) is 0 Å². The number of nitrogens with one attached hydrogen (secondary N) is 4. The highest BCUT2D eigenvalue weighted by Gasteiger charge is 2.25. The zero-order valence-electron chi connectivity index (χ0n) is 26.8. The van der Waals surface area contributed by atoms with Crippen molar-refractivity contribution in [2.24, 2.45) is 17.8 Å². The summed E-state index contributed by atoms with van der Waals surface area (Å²) in [7, 11) is 0. The molecule has 0 aliphatic carbocycles. The molecule has 0 aromatic rings. The van der Waals surface area contributed by atoms with E-state index >= 15 is 0 Å². The Morgan fingerprint density at radius 2 is 1.07 bits per heavy atom. The summed E-state index contributed by atoms with van der Waals surface area (Å²) in [5.74, 6) is 1.000. The molecule has 4 N–H and O–H groups in total. The maximum Gasteiger partial charge on any atom is 0.412 e. The summed E-state index contributed by atoms with van der Waals surface area (Å²) >= 11 is 1.13. The molecule has 1 aliphatic heterocycles. The van der Waals surface area contributed by atoms with Crippen LogP contribution in [0.15, 0.2) is 22.6 Å². The van der Waals surface area contributed by atoms with Gasteiger partial charge in [-0.15, -0.1) is 0 Å². The van der Waals surface area contributed by atoms with Crippen LogP contribution in [0.1, 0.15) is 119 Å². The molecule has 0 spiro atoms. The van der Waals surface area contributed by atoms with Gasteiger partial charge in [0, 0.05) is 5.41 Å². The molecule has 0 aromatic carbocycles. The van der Waals surface area contributed by atoms with E-state index in [4.69, 9.17) is 14.2 Å². The number of amides is 3. The van der Waals surface area contributed by atoms with E-state index in [0.29, 0.717) is 13.2 Å². The molecule has 1 aliphatic rings. The highest BCUT2D eigenvalue weighted by atomic mass is 32.2. The SMILES string of the molecule is CCCCC(CC)COC(=O)NC1=CSNC(NC(=O)OCC(CC)CCCC)=C1NC(=O)OCC(CC)CCCC. The Labute approximate surface area is 258 Å². The van der Waals surface area contributed by atoms with Crippen molar-refractivity contribution in [1.29, 1.82) is 0 Å². The van der Waals surface area contributed by atoms with Crippen LogP contribution in [-0.2, 0) is 14.2 Å². The van der Waals surface area contributed by atoms with Gasteiger partial charge in [-0.3, -0.25) is 16.0 Å². The molecule has 242 valence electrons. The first kappa shape index (κ1) is 37.5. The second-order valence-electron chi connectivity index (χ2n) is 10.9. The number of carbonyl (C=O) groups excluding carboxylic acids is 3. The van der Waals surface area contributed by atoms with E-state index in [1.165, 1.54) is 0 Å². The van der Waals surface area contributed by atoms with Crippen LogP contribution in [0.5, 0.6) is 0 Å². The van der Waals surface area contributed by atoms with Crippen LogP contribution in [0.4, 0.5) is 14.4 Å². The summed E-state index contributed by atoms with van der Waals surface area (Å²) in [5.41, 5.74) is 0.426. The van der Waals surface area contributed by atoms with Gasteiger partial charge in [-0.1, -0.05) is 99.3 Å². The van der Waals surface area contributed by atoms with Crippen LogP contribution in [-0.4, -0.2) is 38.1 Å². The van der Waals surface area contributed by atoms with Gasteiger partial charge in [-0.2, -0.15) is 0 Å². The van der Waals surface area contributed by atoms with Gasteiger partial charge in [0.1, 0.15) is 11.5 Å². The average molecular weight is 613 g/mol. The van der Waals surface area contributed by atoms with Crippen LogP contribution in [0, 0.1) is 17.8 Å². The maximum absolute atomic E-state index is 12.9. The molecule has 3 amide bonds. The van der Waals surface area contributed by atoms with Crippen molar-refractivity contribution < 1.29 is 28.6 Å². The maximum atomic E-state index is 12.9. The van der Waals surface area contributed by atoms with Crippen molar-refractivity contribution in [3.63, 3.8) is 0 Å². The van der Waals surface area contributed by atoms with Gasteiger partial charge >= 0.3 is 18.3 Å². The van der Waals surface area contributed by atoms with Gasteiger partial charge in [-0.05, 0) is 49.0 Å². The van der Waals surface area contributed by atoms with Crippen molar-refractivity contribution in [2.75, 3.05) is 19.8 Å². The Morgan fingerprint density at radius 3 is 1.48 bits per heavy atom. The van der Waals surface area contributed by atoms with Crippen LogP contribution >= 0.6 is 11.9 Å². The molecule has 3 unspecified atom stereocenters. The first-order chi connectivity index (χ1) is 20.3. The van der Waals surface area contributed by atoms with Gasteiger partial charge in [0.2, 0.25) is 0 Å². The second-order valence-corrected chi connectivity index (χ2v) is 11.6. The van der Waals surface area contributed by atoms with Crippen molar-refractivity contribution in [3.05, 3.63) is 22.6 Å². The molecule has 0 aromatic heterocycles. The molecular weight excluding hydrogens is 556 g/mol. The Balaban J connectivity index is 2.98. The molecule has 0 radical (unpaired) electrons. The average Bonchev–Trinajstić information content (AvgIpc) is 2.99. The lowest BCUT2D eigenvalue weighted by Gasteiger charge is -2.24. The van der Waals surface area contributed by atoms with Gasteiger partial charge in [0.25, 0.3) is 0 Å². The first-order valence-corrected chi connectivity index (χ1v) is 16.9. The van der Waals surface area contributed by atoms with Gasteiger partial charge < -0.3 is 18.9 Å². The first-order valence-electron chi connectivity index (χ1n) is 16.0. The zero-order chi connectivity index (χ0) is 31.2. The summed E-state index contributed by atoms with van der Waals surface area (Å²) in [6.07, 6.45) is 10.2. The third kappa shape index (κ3) is 15.6. The van der Waals surface area contributed by atoms with Crippen molar-refractivity contribution >= 4 is 30.2 Å². The summed E-state index contributed by atoms with van der Waals surface area (Å²) in [6.45, 7) is 13.5.